The summed E-state index contributed by atoms with van der Waals surface area (Å²) in [7, 11) is 0. The van der Waals surface area contributed by atoms with Gasteiger partial charge in [-0.25, -0.2) is 4.98 Å². The molecule has 0 saturated carbocycles. The fourth-order valence-electron chi connectivity index (χ4n) is 3.94. The van der Waals surface area contributed by atoms with Gasteiger partial charge in [-0.15, -0.1) is 11.3 Å². The molecule has 1 unspecified atom stereocenters. The van der Waals surface area contributed by atoms with Crippen molar-refractivity contribution < 1.29 is 24.5 Å². The van der Waals surface area contributed by atoms with Crippen LogP contribution in [0.2, 0.25) is 0 Å². The number of aliphatic hydroxyl groups is 2. The number of Topliss-reactive ketones (excluding diaryl/α,β-unsaturated/α-hetero) is 1. The number of aliphatic hydroxyl groups excluding tert-OH is 2. The van der Waals surface area contributed by atoms with Gasteiger partial charge in [-0.1, -0.05) is 39.8 Å². The fourth-order valence-corrected chi connectivity index (χ4v) is 4.51. The van der Waals surface area contributed by atoms with Crippen LogP contribution < -0.4 is 5.32 Å². The third-order valence-electron chi connectivity index (χ3n) is 6.38. The van der Waals surface area contributed by atoms with Crippen molar-refractivity contribution in [3.63, 3.8) is 0 Å². The zero-order chi connectivity index (χ0) is 24.8. The number of thiazole rings is 1. The molecule has 0 spiro atoms. The lowest BCUT2D eigenvalue weighted by Gasteiger charge is -2.34. The smallest absolute Gasteiger partial charge is 0.309 e. The third kappa shape index (κ3) is 7.57. The van der Waals surface area contributed by atoms with Crippen LogP contribution in [0.4, 0.5) is 0 Å². The molecule has 1 aliphatic heterocycles. The van der Waals surface area contributed by atoms with Gasteiger partial charge in [0.1, 0.15) is 11.9 Å². The Morgan fingerprint density at radius 2 is 1.97 bits per heavy atom. The van der Waals surface area contributed by atoms with Gasteiger partial charge in [0.15, 0.2) is 0 Å². The average Bonchev–Trinajstić information content (AvgIpc) is 3.16. The first-order valence-corrected chi connectivity index (χ1v) is 12.4. The number of rotatable bonds is 2. The van der Waals surface area contributed by atoms with E-state index in [0.29, 0.717) is 19.5 Å². The van der Waals surface area contributed by atoms with Crippen molar-refractivity contribution in [2.45, 2.75) is 72.7 Å². The van der Waals surface area contributed by atoms with Gasteiger partial charge in [0.2, 0.25) is 0 Å². The van der Waals surface area contributed by atoms with E-state index >= 15 is 0 Å². The molecule has 0 aliphatic carbocycles. The maximum atomic E-state index is 13.1. The minimum absolute atomic E-state index is 0.150. The maximum Gasteiger partial charge on any atom is 0.309 e. The highest BCUT2D eigenvalue weighted by atomic mass is 32.1. The Kier molecular flexibility index (Phi) is 9.97. The summed E-state index contributed by atoms with van der Waals surface area (Å²) >= 11 is 1.55. The standard InChI is InChI=1S/C25H38N2O5S/c1-15(11-19-14-33-18(4)27-19)20-9-7-8-10-26-13-16(2)23(30)17(3)24(31)25(5,6)21(28)12-22(29)32-20/h7-8,11,14,16-17,20-21,23,26,28,30H,9-10,12-13H2,1-6H3/b8-7+,15-11+/t16-,17+,20?,21+,23-/m1/s1. The molecule has 7 nitrogen and oxygen atoms in total. The number of nitrogens with zero attached hydrogens (tertiary/aromatic N) is 1. The van der Waals surface area contributed by atoms with E-state index in [2.05, 4.69) is 10.3 Å². The normalized spacial score (nSPS) is 31.8. The molecule has 2 rings (SSSR count). The van der Waals surface area contributed by atoms with Crippen LogP contribution in [0.1, 0.15) is 58.2 Å². The Hall–Kier alpha value is -1.87. The zero-order valence-electron chi connectivity index (χ0n) is 20.5. The molecule has 0 fully saturated rings. The summed E-state index contributed by atoms with van der Waals surface area (Å²) in [5.74, 6) is -1.68. The molecule has 3 N–H and O–H groups in total. The molecule has 0 amide bonds. The van der Waals surface area contributed by atoms with Crippen molar-refractivity contribution in [2.24, 2.45) is 17.3 Å². The second-order valence-electron chi connectivity index (χ2n) is 9.59. The summed E-state index contributed by atoms with van der Waals surface area (Å²) in [6.45, 7) is 11.8. The highest BCUT2D eigenvalue weighted by molar-refractivity contribution is 7.09. The second kappa shape index (κ2) is 12.0. The second-order valence-corrected chi connectivity index (χ2v) is 10.6. The first-order valence-electron chi connectivity index (χ1n) is 11.5. The molecular weight excluding hydrogens is 440 g/mol. The van der Waals surface area contributed by atoms with Crippen LogP contribution in [0.5, 0.6) is 0 Å². The van der Waals surface area contributed by atoms with Gasteiger partial charge in [0.05, 0.1) is 34.7 Å². The number of carbonyl (C=O) groups excluding carboxylic acids is 2. The number of esters is 1. The van der Waals surface area contributed by atoms with Crippen LogP contribution in [-0.2, 0) is 14.3 Å². The van der Waals surface area contributed by atoms with Crippen molar-refractivity contribution in [3.8, 4) is 0 Å². The molecule has 0 radical (unpaired) electrons. The van der Waals surface area contributed by atoms with E-state index in [0.717, 1.165) is 16.3 Å². The molecule has 1 aromatic rings. The quantitative estimate of drug-likeness (QED) is 0.442. The van der Waals surface area contributed by atoms with Crippen LogP contribution in [-0.4, -0.2) is 58.4 Å². The Morgan fingerprint density at radius 1 is 1.27 bits per heavy atom. The molecule has 1 aromatic heterocycles. The van der Waals surface area contributed by atoms with Crippen molar-refractivity contribution in [1.82, 2.24) is 10.3 Å². The number of carbonyl (C=O) groups is 2. The van der Waals surface area contributed by atoms with Crippen LogP contribution >= 0.6 is 11.3 Å². The largest absolute Gasteiger partial charge is 0.457 e. The van der Waals surface area contributed by atoms with E-state index in [4.69, 9.17) is 4.74 Å². The van der Waals surface area contributed by atoms with Gasteiger partial charge in [0, 0.05) is 30.8 Å². The Morgan fingerprint density at radius 3 is 2.61 bits per heavy atom. The monoisotopic (exact) mass is 478 g/mol. The van der Waals surface area contributed by atoms with Crippen LogP contribution in [0.15, 0.2) is 23.1 Å². The summed E-state index contributed by atoms with van der Waals surface area (Å²) in [4.78, 5) is 30.3. The highest BCUT2D eigenvalue weighted by Gasteiger charge is 2.42. The van der Waals surface area contributed by atoms with E-state index in [-0.39, 0.29) is 18.1 Å². The van der Waals surface area contributed by atoms with Crippen molar-refractivity contribution in [3.05, 3.63) is 33.8 Å². The zero-order valence-corrected chi connectivity index (χ0v) is 21.3. The molecular formula is C25H38N2O5S. The van der Waals surface area contributed by atoms with Crippen molar-refractivity contribution >= 4 is 29.2 Å². The predicted octanol–water partition coefficient (Wildman–Crippen LogP) is 3.30. The van der Waals surface area contributed by atoms with Gasteiger partial charge in [-0.05, 0) is 31.4 Å². The lowest BCUT2D eigenvalue weighted by Crippen LogP contribution is -2.46. The summed E-state index contributed by atoms with van der Waals surface area (Å²) < 4.78 is 5.73. The van der Waals surface area contributed by atoms with Crippen molar-refractivity contribution in [1.29, 1.82) is 0 Å². The van der Waals surface area contributed by atoms with E-state index in [9.17, 15) is 19.8 Å². The molecule has 1 aliphatic rings. The molecule has 0 aromatic carbocycles. The summed E-state index contributed by atoms with van der Waals surface area (Å²) in [5, 5.41) is 27.6. The first-order chi connectivity index (χ1) is 15.4. The van der Waals surface area contributed by atoms with Gasteiger partial charge in [-0.3, -0.25) is 9.59 Å². The lowest BCUT2D eigenvalue weighted by atomic mass is 9.73. The third-order valence-corrected chi connectivity index (χ3v) is 7.17. The number of hydrogen-bond donors (Lipinski definition) is 3. The Labute approximate surface area is 201 Å². The van der Waals surface area contributed by atoms with Gasteiger partial charge >= 0.3 is 5.97 Å². The van der Waals surface area contributed by atoms with Gasteiger partial charge < -0.3 is 20.3 Å². The van der Waals surface area contributed by atoms with E-state index in [1.165, 1.54) is 0 Å². The topological polar surface area (TPSA) is 109 Å². The number of cyclic esters (lactones) is 1. The number of nitrogens with one attached hydrogen (secondary N) is 1. The van der Waals surface area contributed by atoms with E-state index in [1.807, 2.05) is 44.4 Å². The first kappa shape index (κ1) is 27.4. The van der Waals surface area contributed by atoms with Crippen molar-refractivity contribution in [2.75, 3.05) is 13.1 Å². The lowest BCUT2D eigenvalue weighted by molar-refractivity contribution is -0.154. The molecule has 184 valence electrons. The molecule has 0 saturated heterocycles. The minimum Gasteiger partial charge on any atom is -0.457 e. The Bertz CT molecular complexity index is 876. The van der Waals surface area contributed by atoms with Crippen LogP contribution in [0.3, 0.4) is 0 Å². The molecule has 33 heavy (non-hydrogen) atoms. The SMILES string of the molecule is C/C(=C\c1csc(C)n1)C1C/C=C/CNC[C@@H](C)[C@@H](O)[C@H](C)C(=O)C(C)(C)[C@@H](O)CC(=O)O1. The molecule has 2 heterocycles. The number of ether oxygens (including phenoxy) is 1. The van der Waals surface area contributed by atoms with Crippen LogP contribution in [0.25, 0.3) is 6.08 Å². The van der Waals surface area contributed by atoms with E-state index < -0.39 is 35.6 Å². The molecule has 8 heteroatoms. The van der Waals surface area contributed by atoms with Crippen LogP contribution in [0, 0.1) is 24.2 Å². The van der Waals surface area contributed by atoms with Gasteiger partial charge in [-0.2, -0.15) is 0 Å². The minimum atomic E-state index is -1.23. The Balaban J connectivity index is 2.27. The fraction of sp³-hybridized carbons (Fsp3) is 0.640. The molecule has 5 atom stereocenters. The summed E-state index contributed by atoms with van der Waals surface area (Å²) in [6.07, 6.45) is 3.40. The maximum absolute atomic E-state index is 13.1. The van der Waals surface area contributed by atoms with Gasteiger partial charge in [0.25, 0.3) is 0 Å². The number of aryl methyl sites for hydroxylation is 1. The number of aromatic nitrogens is 1. The highest BCUT2D eigenvalue weighted by Crippen LogP contribution is 2.31. The number of ketones is 1. The summed E-state index contributed by atoms with van der Waals surface area (Å²) in [5.41, 5.74) is 0.460. The van der Waals surface area contributed by atoms with E-state index in [1.54, 1.807) is 32.1 Å². The predicted molar refractivity (Wildman–Crippen MR) is 131 cm³/mol. The number of hydrogen-bond acceptors (Lipinski definition) is 8. The summed E-state index contributed by atoms with van der Waals surface area (Å²) in [6, 6.07) is 0. The average molecular weight is 479 g/mol. The molecule has 0 bridgehead atoms.